The summed E-state index contributed by atoms with van der Waals surface area (Å²) < 4.78 is 0. The summed E-state index contributed by atoms with van der Waals surface area (Å²) in [5.74, 6) is 0. The smallest absolute Gasteiger partial charge is 0.250 e. The third-order valence-electron chi connectivity index (χ3n) is 3.65. The molecule has 2 heteroatoms. The molecular weight excluding hydrogens is 248 g/mol. The quantitative estimate of drug-likeness (QED) is 0.705. The second kappa shape index (κ2) is 4.65. The fourth-order valence-electron chi connectivity index (χ4n) is 2.57. The van der Waals surface area contributed by atoms with E-state index >= 15 is 0 Å². The van der Waals surface area contributed by atoms with Crippen molar-refractivity contribution in [2.24, 2.45) is 0 Å². The van der Waals surface area contributed by atoms with Crippen LogP contribution in [0.5, 0.6) is 0 Å². The van der Waals surface area contributed by atoms with E-state index in [1.165, 1.54) is 5.39 Å². The molecule has 1 atom stereocenters. The van der Waals surface area contributed by atoms with Crippen LogP contribution in [0.4, 0.5) is 0 Å². The highest BCUT2D eigenvalue weighted by atomic mass is 28.4. The number of fused-ring (bicyclic) bond motifs is 1. The first kappa shape index (κ1) is 12.1. The standard InChI is InChI=1S/C17H16OSi/c1-19(18,15-10-3-2-4-11-15)17-13-7-9-14-8-5-6-12-16(14)17/h2-13,18H,1H3/t19-/m0/s1. The summed E-state index contributed by atoms with van der Waals surface area (Å²) in [4.78, 5) is 11.1. The van der Waals surface area contributed by atoms with Crippen LogP contribution >= 0.6 is 0 Å². The molecule has 94 valence electrons. The topological polar surface area (TPSA) is 20.2 Å². The lowest BCUT2D eigenvalue weighted by Gasteiger charge is -2.23. The number of hydrogen-bond acceptors (Lipinski definition) is 1. The van der Waals surface area contributed by atoms with Crippen molar-refractivity contribution >= 4 is 29.5 Å². The van der Waals surface area contributed by atoms with Gasteiger partial charge in [-0.1, -0.05) is 72.8 Å². The van der Waals surface area contributed by atoms with Crippen LogP contribution in [0.15, 0.2) is 72.8 Å². The second-order valence-corrected chi connectivity index (χ2v) is 8.23. The van der Waals surface area contributed by atoms with Gasteiger partial charge in [0.1, 0.15) is 0 Å². The van der Waals surface area contributed by atoms with Crippen molar-refractivity contribution in [1.82, 2.24) is 0 Å². The average Bonchev–Trinajstić information content (AvgIpc) is 2.47. The highest BCUT2D eigenvalue weighted by Gasteiger charge is 2.31. The van der Waals surface area contributed by atoms with Gasteiger partial charge in [0.2, 0.25) is 8.32 Å². The fourth-order valence-corrected chi connectivity index (χ4v) is 4.89. The van der Waals surface area contributed by atoms with Gasteiger partial charge in [0.05, 0.1) is 0 Å². The van der Waals surface area contributed by atoms with E-state index in [-0.39, 0.29) is 0 Å². The number of benzene rings is 3. The Morgan fingerprint density at radius 2 is 1.37 bits per heavy atom. The molecule has 0 spiro atoms. The van der Waals surface area contributed by atoms with Gasteiger partial charge in [0.15, 0.2) is 0 Å². The normalized spacial score (nSPS) is 14.2. The Hall–Kier alpha value is -1.90. The first-order valence-corrected chi connectivity index (χ1v) is 8.90. The summed E-state index contributed by atoms with van der Waals surface area (Å²) in [5, 5.41) is 4.47. The van der Waals surface area contributed by atoms with Gasteiger partial charge in [-0.3, -0.25) is 0 Å². The van der Waals surface area contributed by atoms with Gasteiger partial charge in [0, 0.05) is 0 Å². The molecule has 0 aliphatic heterocycles. The first-order chi connectivity index (χ1) is 9.19. The predicted molar refractivity (Wildman–Crippen MR) is 83.5 cm³/mol. The largest absolute Gasteiger partial charge is 0.424 e. The van der Waals surface area contributed by atoms with Crippen molar-refractivity contribution in [3.8, 4) is 0 Å². The zero-order valence-corrected chi connectivity index (χ0v) is 11.9. The molecule has 0 saturated heterocycles. The summed E-state index contributed by atoms with van der Waals surface area (Å²) in [5.41, 5.74) is 0. The van der Waals surface area contributed by atoms with Gasteiger partial charge in [-0.25, -0.2) is 0 Å². The van der Waals surface area contributed by atoms with Gasteiger partial charge in [-0.2, -0.15) is 0 Å². The molecule has 0 fully saturated rings. The average molecular weight is 264 g/mol. The van der Waals surface area contributed by atoms with Crippen molar-refractivity contribution in [3.63, 3.8) is 0 Å². The molecule has 3 aromatic carbocycles. The summed E-state index contributed by atoms with van der Waals surface area (Å²) in [6.45, 7) is 1.99. The van der Waals surface area contributed by atoms with E-state index < -0.39 is 8.32 Å². The summed E-state index contributed by atoms with van der Waals surface area (Å²) in [6, 6.07) is 24.4. The molecule has 0 radical (unpaired) electrons. The van der Waals surface area contributed by atoms with Crippen molar-refractivity contribution in [3.05, 3.63) is 72.8 Å². The molecule has 19 heavy (non-hydrogen) atoms. The highest BCUT2D eigenvalue weighted by Crippen LogP contribution is 2.14. The Morgan fingerprint density at radius 1 is 0.737 bits per heavy atom. The minimum Gasteiger partial charge on any atom is -0.424 e. The number of rotatable bonds is 2. The maximum Gasteiger partial charge on any atom is 0.250 e. The Kier molecular flexibility index (Phi) is 2.97. The van der Waals surface area contributed by atoms with Crippen LogP contribution in [0.2, 0.25) is 6.55 Å². The van der Waals surface area contributed by atoms with Crippen molar-refractivity contribution < 1.29 is 4.80 Å². The van der Waals surface area contributed by atoms with Crippen molar-refractivity contribution in [1.29, 1.82) is 0 Å². The Morgan fingerprint density at radius 3 is 2.16 bits per heavy atom. The molecule has 0 aliphatic carbocycles. The van der Waals surface area contributed by atoms with Gasteiger partial charge in [-0.15, -0.1) is 0 Å². The van der Waals surface area contributed by atoms with E-state index in [1.807, 2.05) is 55.1 Å². The molecule has 0 amide bonds. The van der Waals surface area contributed by atoms with Crippen LogP contribution in [0.3, 0.4) is 0 Å². The maximum absolute atomic E-state index is 11.1. The van der Waals surface area contributed by atoms with Gasteiger partial charge in [-0.05, 0) is 27.7 Å². The molecule has 0 heterocycles. The Bertz CT molecular complexity index is 699. The maximum atomic E-state index is 11.1. The van der Waals surface area contributed by atoms with E-state index in [1.54, 1.807) is 0 Å². The molecule has 0 saturated carbocycles. The molecule has 0 aliphatic rings. The van der Waals surface area contributed by atoms with Gasteiger partial charge >= 0.3 is 0 Å². The van der Waals surface area contributed by atoms with Crippen LogP contribution in [0.25, 0.3) is 10.8 Å². The molecule has 0 aromatic heterocycles. The van der Waals surface area contributed by atoms with Crippen molar-refractivity contribution in [2.75, 3.05) is 0 Å². The van der Waals surface area contributed by atoms with E-state index in [9.17, 15) is 4.80 Å². The van der Waals surface area contributed by atoms with Crippen LogP contribution in [-0.2, 0) is 0 Å². The minimum atomic E-state index is -2.62. The predicted octanol–water partition coefficient (Wildman–Crippen LogP) is 2.52. The second-order valence-electron chi connectivity index (χ2n) is 4.96. The molecule has 1 N–H and O–H groups in total. The molecular formula is C17H16OSi. The molecule has 0 bridgehead atoms. The SMILES string of the molecule is C[Si@](O)(c1ccccc1)c1cccc2ccccc12. The van der Waals surface area contributed by atoms with E-state index in [0.29, 0.717) is 0 Å². The Balaban J connectivity index is 2.24. The van der Waals surface area contributed by atoms with Gasteiger partial charge < -0.3 is 4.80 Å². The zero-order valence-electron chi connectivity index (χ0n) is 10.9. The molecule has 3 aromatic rings. The van der Waals surface area contributed by atoms with Crippen LogP contribution in [0, 0.1) is 0 Å². The van der Waals surface area contributed by atoms with Crippen molar-refractivity contribution in [2.45, 2.75) is 6.55 Å². The third-order valence-corrected chi connectivity index (χ3v) is 6.59. The van der Waals surface area contributed by atoms with E-state index in [4.69, 9.17) is 0 Å². The van der Waals surface area contributed by atoms with Crippen LogP contribution < -0.4 is 10.4 Å². The summed E-state index contributed by atoms with van der Waals surface area (Å²) >= 11 is 0. The lowest BCUT2D eigenvalue weighted by molar-refractivity contribution is 0.576. The molecule has 1 nitrogen and oxygen atoms in total. The zero-order chi connectivity index (χ0) is 13.3. The highest BCUT2D eigenvalue weighted by molar-refractivity contribution is 6.96. The number of hydrogen-bond donors (Lipinski definition) is 1. The molecule has 0 unspecified atom stereocenters. The monoisotopic (exact) mass is 264 g/mol. The summed E-state index contributed by atoms with van der Waals surface area (Å²) in [7, 11) is -2.62. The van der Waals surface area contributed by atoms with Crippen LogP contribution in [0.1, 0.15) is 0 Å². The lowest BCUT2D eigenvalue weighted by Crippen LogP contribution is -2.56. The van der Waals surface area contributed by atoms with Crippen LogP contribution in [-0.4, -0.2) is 13.1 Å². The Labute approximate surface area is 114 Å². The lowest BCUT2D eigenvalue weighted by atomic mass is 10.1. The first-order valence-electron chi connectivity index (χ1n) is 6.46. The molecule has 3 rings (SSSR count). The third kappa shape index (κ3) is 2.09. The van der Waals surface area contributed by atoms with E-state index in [0.717, 1.165) is 15.8 Å². The summed E-state index contributed by atoms with van der Waals surface area (Å²) in [6.07, 6.45) is 0. The minimum absolute atomic E-state index is 1.05. The van der Waals surface area contributed by atoms with E-state index in [2.05, 4.69) is 24.3 Å². The fraction of sp³-hybridized carbons (Fsp3) is 0.0588. The van der Waals surface area contributed by atoms with Gasteiger partial charge in [0.25, 0.3) is 0 Å².